The normalized spacial score (nSPS) is 16.0. The molecule has 2 unspecified atom stereocenters. The first kappa shape index (κ1) is 99.6. The largest absolute Gasteiger partial charge is 0.790 e. The van der Waals surface area contributed by atoms with Crippen molar-refractivity contribution in [3.05, 3.63) is 210 Å². The van der Waals surface area contributed by atoms with E-state index in [9.17, 15) is 23.8 Å². The Labute approximate surface area is 642 Å². The van der Waals surface area contributed by atoms with Gasteiger partial charge in [0, 0.05) is 0 Å². The molecule has 0 bridgehead atoms. The van der Waals surface area contributed by atoms with E-state index in [1.807, 2.05) is 6.92 Å². The van der Waals surface area contributed by atoms with Gasteiger partial charge in [-0.3, -0.25) is 8.88 Å². The van der Waals surface area contributed by atoms with Crippen LogP contribution in [0.3, 0.4) is 0 Å². The summed E-state index contributed by atoms with van der Waals surface area (Å²) in [7, 11) is -10.8. The Morgan fingerprint density at radius 1 is 0.240 bits per heavy atom. The van der Waals surface area contributed by atoms with Crippen molar-refractivity contribution < 1.29 is 32.6 Å². The van der Waals surface area contributed by atoms with Gasteiger partial charge in [-0.2, -0.15) is 0 Å². The van der Waals surface area contributed by atoms with Gasteiger partial charge in [0.15, 0.2) is 0 Å². The predicted octanol–water partition coefficient (Wildman–Crippen LogP) is 30.4. The summed E-state index contributed by atoms with van der Waals surface area (Å²) in [5.74, 6) is 0.159. The predicted molar refractivity (Wildman–Crippen MR) is 456 cm³/mol. The maximum Gasteiger partial charge on any atom is 0.271 e. The average molecular weight is 1470 g/mol. The molecule has 0 saturated heterocycles. The van der Waals surface area contributed by atoms with Crippen molar-refractivity contribution in [3.8, 4) is 0 Å². The van der Waals surface area contributed by atoms with Crippen LogP contribution in [0.5, 0.6) is 0 Å². The Morgan fingerprint density at radius 3 is 0.529 bits per heavy atom. The van der Waals surface area contributed by atoms with Gasteiger partial charge in [-0.25, -0.2) is 0 Å². The van der Waals surface area contributed by atoms with Gasteiger partial charge in [-0.1, -0.05) is 217 Å². The first-order chi connectivity index (χ1) is 49.2. The molecule has 0 aliphatic rings. The molecule has 0 spiro atoms. The number of hydrogen-bond acceptors (Lipinski definition) is 7. The SMILES string of the molecule is CC(C)=CCC/C(C)=C/CC/C(C)=C/CC/C(C)=C\CC/C(C)=C\CC/C(C)=C\CC/C(C)=C\CC/C(C)=C\CC/C(C)=C\CC/C(C)=C\CC/C(C)=C\CC/C(C)=C\CC/C(C)=C\CC/C(C)=C\CC/C(C)=C\CC/C(C)=C\CC/C(C)=C\CC/C(C)=C\CCC(C)CCOP(=O)([O-])OP(=O)([O-])[O-]. The van der Waals surface area contributed by atoms with Crippen molar-refractivity contribution >= 4 is 15.6 Å². The van der Waals surface area contributed by atoms with E-state index in [0.717, 1.165) is 205 Å². The number of allylic oxidation sites excluding steroid dienone is 36. The van der Waals surface area contributed by atoms with E-state index in [1.165, 1.54) is 126 Å². The van der Waals surface area contributed by atoms with E-state index < -0.39 is 15.6 Å². The van der Waals surface area contributed by atoms with Gasteiger partial charge in [0.05, 0.1) is 14.4 Å². The molecule has 0 rings (SSSR count). The van der Waals surface area contributed by atoms with Crippen LogP contribution < -0.4 is 14.7 Å². The zero-order valence-corrected chi connectivity index (χ0v) is 72.4. The van der Waals surface area contributed by atoms with Crippen LogP contribution in [0.4, 0.5) is 0 Å². The minimum absolute atomic E-state index is 0.159. The van der Waals surface area contributed by atoms with Crippen LogP contribution in [0.25, 0.3) is 0 Å². The summed E-state index contributed by atoms with van der Waals surface area (Å²) in [6.07, 6.45) is 84.4. The molecule has 590 valence electrons. The first-order valence-electron chi connectivity index (χ1n) is 40.7. The van der Waals surface area contributed by atoms with Crippen LogP contribution in [-0.4, -0.2) is 6.61 Å². The monoisotopic (exact) mass is 1470 g/mol. The lowest BCUT2D eigenvalue weighted by molar-refractivity contribution is -0.339. The number of phosphoric ester groups is 1. The molecule has 0 aliphatic carbocycles. The lowest BCUT2D eigenvalue weighted by atomic mass is 10.0. The third-order valence-corrected chi connectivity index (χ3v) is 21.9. The number of rotatable bonds is 60. The maximum atomic E-state index is 11.4. The quantitative estimate of drug-likeness (QED) is 0.0439. The van der Waals surface area contributed by atoms with E-state index in [0.29, 0.717) is 6.42 Å². The molecule has 104 heavy (non-hydrogen) atoms. The van der Waals surface area contributed by atoms with Gasteiger partial charge < -0.3 is 23.8 Å². The van der Waals surface area contributed by atoms with E-state index >= 15 is 0 Å². The highest BCUT2D eigenvalue weighted by Gasteiger charge is 2.13. The molecule has 0 aromatic rings. The Balaban J connectivity index is 4.36. The van der Waals surface area contributed by atoms with E-state index in [1.54, 1.807) is 0 Å². The average Bonchev–Trinajstić information content (AvgIpc) is 0.886. The van der Waals surface area contributed by atoms with Gasteiger partial charge in [-0.05, 0) is 375 Å². The van der Waals surface area contributed by atoms with Gasteiger partial charge >= 0.3 is 0 Å². The standard InChI is InChI=1S/C95H158O7P2/c1-77(2)39-21-40-78(3)41-22-42-79(4)43-23-44-80(5)45-24-46-81(6)47-25-48-82(7)49-26-50-83(8)51-27-52-84(9)53-28-54-85(10)55-29-56-86(11)57-30-58-87(12)59-31-60-88(13)61-32-62-89(14)63-33-64-90(15)65-34-66-91(16)67-35-68-92(17)69-36-70-93(18)71-37-72-94(19)73-38-74-95(20)75-76-101-104(99,100)102-103(96,97)98/h39,41,43,45,47,49,51,53,55,57,59,61,63,65,67,69,71,73,95H,21-38,40,42,44,46,48,50,52,54,56,58,60,62,64,66,68,70,72,74-76H2,1-20H3,(H,99,100)(H2,96,97,98)/p-3/b78-41+,79-43+,80-45-,81-47-,82-49-,83-51-,84-53-,85-55-,86-57-,87-59-,88-61-,89-63-,90-65-,91-67-,92-69-,93-71-,94-73-. The van der Waals surface area contributed by atoms with Crippen molar-refractivity contribution in [2.75, 3.05) is 6.61 Å². The molecular weight excluding hydrogens is 1310 g/mol. The molecule has 7 nitrogen and oxygen atoms in total. The second kappa shape index (κ2) is 62.5. The fourth-order valence-electron chi connectivity index (χ4n) is 12.3. The van der Waals surface area contributed by atoms with Gasteiger partial charge in [0.25, 0.3) is 7.82 Å². The fourth-order valence-corrected chi connectivity index (χ4v) is 13.8. The van der Waals surface area contributed by atoms with Crippen molar-refractivity contribution in [2.45, 2.75) is 376 Å². The third kappa shape index (κ3) is 67.0. The second-order valence-corrected chi connectivity index (χ2v) is 34.3. The van der Waals surface area contributed by atoms with E-state index in [4.69, 9.17) is 0 Å². The Morgan fingerprint density at radius 2 is 0.385 bits per heavy atom. The van der Waals surface area contributed by atoms with Crippen molar-refractivity contribution in [2.24, 2.45) is 5.92 Å². The summed E-state index contributed by atoms with van der Waals surface area (Å²) in [5, 5.41) is 0. The molecule has 0 fully saturated rings. The Hall–Kier alpha value is -4.42. The zero-order chi connectivity index (χ0) is 78.0. The van der Waals surface area contributed by atoms with Gasteiger partial charge in [0.1, 0.15) is 0 Å². The highest BCUT2D eigenvalue weighted by atomic mass is 31.3. The van der Waals surface area contributed by atoms with E-state index in [-0.39, 0.29) is 12.5 Å². The first-order valence-corrected chi connectivity index (χ1v) is 43.6. The molecular formula is C95H155O7P2-3. The van der Waals surface area contributed by atoms with Crippen LogP contribution in [-0.2, 0) is 18.0 Å². The molecule has 0 aliphatic heterocycles. The molecule has 0 radical (unpaired) electrons. The van der Waals surface area contributed by atoms with Gasteiger partial charge in [-0.15, -0.1) is 0 Å². The molecule has 2 atom stereocenters. The van der Waals surface area contributed by atoms with Crippen LogP contribution in [0.1, 0.15) is 376 Å². The summed E-state index contributed by atoms with van der Waals surface area (Å²) >= 11 is 0. The summed E-state index contributed by atoms with van der Waals surface area (Å²) in [6, 6.07) is 0. The molecule has 0 aromatic heterocycles. The molecule has 9 heteroatoms. The maximum absolute atomic E-state index is 11.4. The van der Waals surface area contributed by atoms with Crippen LogP contribution in [0.2, 0.25) is 0 Å². The van der Waals surface area contributed by atoms with Crippen molar-refractivity contribution in [1.29, 1.82) is 0 Å². The van der Waals surface area contributed by atoms with Crippen LogP contribution in [0.15, 0.2) is 210 Å². The Bertz CT molecular complexity index is 3110. The topological polar surface area (TPSA) is 122 Å². The highest BCUT2D eigenvalue weighted by molar-refractivity contribution is 7.58. The lowest BCUT2D eigenvalue weighted by Crippen LogP contribution is -2.19. The molecule has 0 heterocycles. The zero-order valence-electron chi connectivity index (χ0n) is 70.6. The smallest absolute Gasteiger partial charge is 0.271 e. The summed E-state index contributed by atoms with van der Waals surface area (Å²) in [6.45, 7) is 45.0. The minimum Gasteiger partial charge on any atom is -0.790 e. The molecule has 0 N–H and O–H groups in total. The molecule has 0 aromatic carbocycles. The fraction of sp³-hybridized carbons (Fsp3) is 0.621. The third-order valence-electron chi connectivity index (χ3n) is 19.8. The summed E-state index contributed by atoms with van der Waals surface area (Å²) in [5.41, 5.74) is 26.8. The number of phosphoric acid groups is 2. The van der Waals surface area contributed by atoms with Crippen LogP contribution in [0, 0.1) is 5.92 Å². The lowest BCUT2D eigenvalue weighted by Gasteiger charge is -2.35. The molecule has 0 saturated carbocycles. The Kier molecular flexibility index (Phi) is 59.8. The van der Waals surface area contributed by atoms with Crippen LogP contribution >= 0.6 is 15.6 Å². The number of hydrogen-bond donors (Lipinski definition) is 0. The van der Waals surface area contributed by atoms with Crippen molar-refractivity contribution in [1.82, 2.24) is 0 Å². The minimum atomic E-state index is -5.66. The second-order valence-electron chi connectivity index (χ2n) is 31.6. The van der Waals surface area contributed by atoms with Crippen molar-refractivity contribution in [3.63, 3.8) is 0 Å². The van der Waals surface area contributed by atoms with Gasteiger partial charge in [0.2, 0.25) is 0 Å². The molecule has 0 amide bonds. The highest BCUT2D eigenvalue weighted by Crippen LogP contribution is 2.50. The summed E-state index contributed by atoms with van der Waals surface area (Å²) in [4.78, 5) is 32.5. The van der Waals surface area contributed by atoms with E-state index in [2.05, 4.69) is 250 Å². The summed E-state index contributed by atoms with van der Waals surface area (Å²) < 4.78 is 29.9.